The molecule has 3 rings (SSSR count). The maximum absolute atomic E-state index is 13.5. The molecule has 34 heavy (non-hydrogen) atoms. The van der Waals surface area contributed by atoms with Crippen molar-refractivity contribution < 1.29 is 9.59 Å². The van der Waals surface area contributed by atoms with E-state index in [1.807, 2.05) is 79.7 Å². The minimum Gasteiger partial charge on any atom is -0.355 e. The van der Waals surface area contributed by atoms with Gasteiger partial charge in [-0.25, -0.2) is 0 Å². The van der Waals surface area contributed by atoms with Crippen molar-refractivity contribution in [2.24, 2.45) is 0 Å². The van der Waals surface area contributed by atoms with Crippen LogP contribution in [0.4, 0.5) is 0 Å². The Kier molecular flexibility index (Phi) is 10.3. The summed E-state index contributed by atoms with van der Waals surface area (Å²) in [5.41, 5.74) is 2.85. The molecule has 0 saturated heterocycles. The van der Waals surface area contributed by atoms with Gasteiger partial charge in [0.05, 0.1) is 5.75 Å². The lowest BCUT2D eigenvalue weighted by Crippen LogP contribution is -2.51. The first-order valence-corrected chi connectivity index (χ1v) is 13.1. The molecule has 3 aromatic carbocycles. The van der Waals surface area contributed by atoms with Gasteiger partial charge < -0.3 is 10.2 Å². The van der Waals surface area contributed by atoms with Crippen LogP contribution >= 0.6 is 35.0 Å². The zero-order valence-electron chi connectivity index (χ0n) is 19.0. The Hall–Kier alpha value is -2.47. The summed E-state index contributed by atoms with van der Waals surface area (Å²) in [5.74, 6) is 0.569. The van der Waals surface area contributed by atoms with Gasteiger partial charge in [0.1, 0.15) is 6.04 Å². The first-order valence-electron chi connectivity index (χ1n) is 11.1. The quantitative estimate of drug-likeness (QED) is 0.341. The van der Waals surface area contributed by atoms with E-state index in [9.17, 15) is 9.59 Å². The number of rotatable bonds is 11. The average Bonchev–Trinajstić information content (AvgIpc) is 2.83. The normalized spacial score (nSPS) is 11.6. The van der Waals surface area contributed by atoms with Crippen LogP contribution in [0.1, 0.15) is 23.6 Å². The van der Waals surface area contributed by atoms with E-state index in [4.69, 9.17) is 23.2 Å². The molecule has 0 bridgehead atoms. The second-order valence-corrected chi connectivity index (χ2v) is 9.67. The van der Waals surface area contributed by atoms with Crippen LogP contribution in [0.25, 0.3) is 0 Å². The summed E-state index contributed by atoms with van der Waals surface area (Å²) in [4.78, 5) is 28.3. The predicted molar refractivity (Wildman–Crippen MR) is 142 cm³/mol. The largest absolute Gasteiger partial charge is 0.355 e. The molecule has 3 aromatic rings. The van der Waals surface area contributed by atoms with Crippen LogP contribution in [0.2, 0.25) is 10.0 Å². The molecular weight excluding hydrogens is 487 g/mol. The third-order valence-corrected chi connectivity index (χ3v) is 6.88. The molecule has 178 valence electrons. The zero-order chi connectivity index (χ0) is 24.3. The smallest absolute Gasteiger partial charge is 0.243 e. The Labute approximate surface area is 215 Å². The van der Waals surface area contributed by atoms with Crippen molar-refractivity contribution in [1.82, 2.24) is 10.2 Å². The summed E-state index contributed by atoms with van der Waals surface area (Å²) >= 11 is 13.9. The fraction of sp³-hybridized carbons (Fsp3) is 0.259. The summed E-state index contributed by atoms with van der Waals surface area (Å²) < 4.78 is 0. The van der Waals surface area contributed by atoms with Gasteiger partial charge >= 0.3 is 0 Å². The maximum Gasteiger partial charge on any atom is 0.243 e. The highest BCUT2D eigenvalue weighted by Gasteiger charge is 2.30. The fourth-order valence-corrected chi connectivity index (χ4v) is 5.03. The monoisotopic (exact) mass is 514 g/mol. The van der Waals surface area contributed by atoms with E-state index >= 15 is 0 Å². The van der Waals surface area contributed by atoms with Crippen LogP contribution in [0.15, 0.2) is 78.9 Å². The number of hydrogen-bond acceptors (Lipinski definition) is 3. The number of halogens is 2. The van der Waals surface area contributed by atoms with Gasteiger partial charge in [-0.05, 0) is 41.8 Å². The van der Waals surface area contributed by atoms with E-state index in [0.717, 1.165) is 16.7 Å². The van der Waals surface area contributed by atoms with Crippen LogP contribution in [0.5, 0.6) is 0 Å². The number of nitrogens with one attached hydrogen (secondary N) is 1. The Balaban J connectivity index is 1.83. The molecular formula is C27H28Cl2N2O2S. The molecule has 0 unspecified atom stereocenters. The van der Waals surface area contributed by atoms with Gasteiger partial charge in [0.25, 0.3) is 0 Å². The van der Waals surface area contributed by atoms with Crippen LogP contribution in [0.3, 0.4) is 0 Å². The van der Waals surface area contributed by atoms with E-state index in [1.165, 1.54) is 11.8 Å². The highest BCUT2D eigenvalue weighted by molar-refractivity contribution is 7.99. The summed E-state index contributed by atoms with van der Waals surface area (Å²) in [7, 11) is 0. The summed E-state index contributed by atoms with van der Waals surface area (Å²) in [5, 5.41) is 4.18. The predicted octanol–water partition coefficient (Wildman–Crippen LogP) is 6.00. The van der Waals surface area contributed by atoms with Crippen molar-refractivity contribution in [3.8, 4) is 0 Å². The molecule has 0 aliphatic heterocycles. The standard InChI is InChI=1S/C27H28Cl2N2O2S/c1-2-30-27(33)25(16-20-9-4-3-5-10-20)31(17-21-11-8-13-23(28)15-21)26(32)19-34-18-22-12-6-7-14-24(22)29/h3-15,25H,2,16-19H2,1H3,(H,30,33)/t25-/m1/s1. The molecule has 1 N–H and O–H groups in total. The van der Waals surface area contributed by atoms with Crippen molar-refractivity contribution in [2.75, 3.05) is 12.3 Å². The molecule has 0 aromatic heterocycles. The van der Waals surface area contributed by atoms with Gasteiger partial charge in [-0.3, -0.25) is 9.59 Å². The molecule has 7 heteroatoms. The van der Waals surface area contributed by atoms with Gasteiger partial charge in [-0.15, -0.1) is 11.8 Å². The lowest BCUT2D eigenvalue weighted by Gasteiger charge is -2.31. The second kappa shape index (κ2) is 13.4. The fourth-order valence-electron chi connectivity index (χ4n) is 3.62. The Morgan fingerprint density at radius 3 is 2.35 bits per heavy atom. The second-order valence-electron chi connectivity index (χ2n) is 7.84. The van der Waals surface area contributed by atoms with E-state index in [-0.39, 0.29) is 17.6 Å². The van der Waals surface area contributed by atoms with E-state index in [2.05, 4.69) is 5.32 Å². The molecule has 0 aliphatic carbocycles. The average molecular weight is 516 g/mol. The highest BCUT2D eigenvalue weighted by Crippen LogP contribution is 2.23. The van der Waals surface area contributed by atoms with Gasteiger partial charge in [-0.2, -0.15) is 0 Å². The number of nitrogens with zero attached hydrogens (tertiary/aromatic N) is 1. The Bertz CT molecular complexity index is 1090. The number of carbonyl (C=O) groups excluding carboxylic acids is 2. The molecule has 0 radical (unpaired) electrons. The molecule has 0 aliphatic rings. The van der Waals surface area contributed by atoms with Gasteiger partial charge in [0, 0.05) is 35.3 Å². The van der Waals surface area contributed by atoms with E-state index in [1.54, 1.807) is 11.0 Å². The zero-order valence-corrected chi connectivity index (χ0v) is 21.4. The molecule has 0 fully saturated rings. The van der Waals surface area contributed by atoms with E-state index < -0.39 is 6.04 Å². The Morgan fingerprint density at radius 1 is 0.941 bits per heavy atom. The van der Waals surface area contributed by atoms with Crippen molar-refractivity contribution in [2.45, 2.75) is 31.7 Å². The van der Waals surface area contributed by atoms with Gasteiger partial charge in [0.15, 0.2) is 0 Å². The Morgan fingerprint density at radius 2 is 1.65 bits per heavy atom. The van der Waals surface area contributed by atoms with Gasteiger partial charge in [0.2, 0.25) is 11.8 Å². The van der Waals surface area contributed by atoms with Gasteiger partial charge in [-0.1, -0.05) is 83.9 Å². The summed E-state index contributed by atoms with van der Waals surface area (Å²) in [6.45, 7) is 2.66. The number of hydrogen-bond donors (Lipinski definition) is 1. The van der Waals surface area contributed by atoms with Crippen LogP contribution in [-0.2, 0) is 28.3 Å². The number of likely N-dealkylation sites (N-methyl/N-ethyl adjacent to an activating group) is 1. The van der Waals surface area contributed by atoms with Crippen molar-refractivity contribution in [3.63, 3.8) is 0 Å². The highest BCUT2D eigenvalue weighted by atomic mass is 35.5. The molecule has 0 heterocycles. The first-order chi connectivity index (χ1) is 16.5. The summed E-state index contributed by atoms with van der Waals surface area (Å²) in [6, 6.07) is 24.1. The molecule has 1 atom stereocenters. The molecule has 2 amide bonds. The minimum atomic E-state index is -0.644. The van der Waals surface area contributed by atoms with Crippen LogP contribution in [0, 0.1) is 0 Å². The topological polar surface area (TPSA) is 49.4 Å². The van der Waals surface area contributed by atoms with Crippen LogP contribution in [-0.4, -0.2) is 35.1 Å². The molecule has 4 nitrogen and oxygen atoms in total. The number of carbonyl (C=O) groups is 2. The van der Waals surface area contributed by atoms with E-state index in [0.29, 0.717) is 35.3 Å². The maximum atomic E-state index is 13.5. The number of thioether (sulfide) groups is 1. The van der Waals surface area contributed by atoms with Crippen LogP contribution < -0.4 is 5.32 Å². The lowest BCUT2D eigenvalue weighted by atomic mass is 10.0. The van der Waals surface area contributed by atoms with Crippen molar-refractivity contribution >= 4 is 46.8 Å². The molecule has 0 saturated carbocycles. The lowest BCUT2D eigenvalue weighted by molar-refractivity contribution is -0.139. The molecule has 0 spiro atoms. The SMILES string of the molecule is CCNC(=O)[C@@H](Cc1ccccc1)N(Cc1cccc(Cl)c1)C(=O)CSCc1ccccc1Cl. The van der Waals surface area contributed by atoms with Crippen molar-refractivity contribution in [1.29, 1.82) is 0 Å². The first kappa shape index (κ1) is 26.1. The summed E-state index contributed by atoms with van der Waals surface area (Å²) in [6.07, 6.45) is 0.425. The van der Waals surface area contributed by atoms with Crippen molar-refractivity contribution in [3.05, 3.63) is 106 Å². The third kappa shape index (κ3) is 7.79. The number of amides is 2. The third-order valence-electron chi connectivity index (χ3n) is 5.30. The number of benzene rings is 3. The minimum absolute atomic E-state index is 0.107.